The predicted molar refractivity (Wildman–Crippen MR) is 101 cm³/mol. The number of rotatable bonds is 4. The normalized spacial score (nSPS) is 11.9. The molecule has 0 atom stereocenters. The lowest BCUT2D eigenvalue weighted by Crippen LogP contribution is -2.23. The number of benzene rings is 2. The van der Waals surface area contributed by atoms with Gasteiger partial charge < -0.3 is 9.47 Å². The number of halogens is 1. The van der Waals surface area contributed by atoms with E-state index in [-0.39, 0.29) is 11.4 Å². The lowest BCUT2D eigenvalue weighted by molar-refractivity contribution is 0.393. The van der Waals surface area contributed by atoms with Gasteiger partial charge in [-0.05, 0) is 42.5 Å². The Kier molecular flexibility index (Phi) is 4.33. The molecule has 0 spiro atoms. The molecule has 6 nitrogen and oxygen atoms in total. The van der Waals surface area contributed by atoms with Crippen molar-refractivity contribution in [1.29, 1.82) is 0 Å². The molecule has 0 saturated carbocycles. The molecule has 27 heavy (non-hydrogen) atoms. The Morgan fingerprint density at radius 2 is 1.89 bits per heavy atom. The van der Waals surface area contributed by atoms with E-state index < -0.39 is 0 Å². The summed E-state index contributed by atoms with van der Waals surface area (Å²) in [6.45, 7) is 0. The summed E-state index contributed by atoms with van der Waals surface area (Å²) in [6, 6.07) is 11.2. The molecule has 136 valence electrons. The van der Waals surface area contributed by atoms with Gasteiger partial charge in [0.05, 0.1) is 18.8 Å². The van der Waals surface area contributed by atoms with Gasteiger partial charge in [0.1, 0.15) is 17.3 Å². The van der Waals surface area contributed by atoms with Crippen LogP contribution in [0, 0.1) is 5.82 Å². The summed E-state index contributed by atoms with van der Waals surface area (Å²) in [5, 5.41) is 4.25. The zero-order valence-electron chi connectivity index (χ0n) is 14.5. The van der Waals surface area contributed by atoms with Gasteiger partial charge in [0.15, 0.2) is 5.82 Å². The highest BCUT2D eigenvalue weighted by Gasteiger charge is 2.12. The SMILES string of the molecule is COc1ccc(/C=c2/sc3nc(-c4ccc(F)cc4)nn3c2=O)c(OC)c1. The Morgan fingerprint density at radius 1 is 1.11 bits per heavy atom. The summed E-state index contributed by atoms with van der Waals surface area (Å²) in [5.41, 5.74) is 1.13. The third-order valence-corrected chi connectivity index (χ3v) is 4.97. The molecule has 0 aliphatic carbocycles. The molecule has 0 aliphatic rings. The molecule has 0 bridgehead atoms. The molecule has 0 amide bonds. The molecule has 0 saturated heterocycles. The maximum Gasteiger partial charge on any atom is 0.291 e. The van der Waals surface area contributed by atoms with Crippen molar-refractivity contribution < 1.29 is 13.9 Å². The van der Waals surface area contributed by atoms with E-state index >= 15 is 0 Å². The Balaban J connectivity index is 1.79. The molecule has 0 radical (unpaired) electrons. The zero-order chi connectivity index (χ0) is 19.0. The van der Waals surface area contributed by atoms with E-state index in [9.17, 15) is 9.18 Å². The third-order valence-electron chi connectivity index (χ3n) is 4.01. The van der Waals surface area contributed by atoms with Crippen LogP contribution >= 0.6 is 11.3 Å². The van der Waals surface area contributed by atoms with Crippen molar-refractivity contribution in [3.63, 3.8) is 0 Å². The van der Waals surface area contributed by atoms with Crippen LogP contribution in [-0.4, -0.2) is 28.8 Å². The molecule has 2 heterocycles. The number of thiazole rings is 1. The summed E-state index contributed by atoms with van der Waals surface area (Å²) < 4.78 is 25.4. The van der Waals surface area contributed by atoms with Crippen LogP contribution in [0.3, 0.4) is 0 Å². The van der Waals surface area contributed by atoms with Crippen molar-refractivity contribution in [3.05, 3.63) is 68.7 Å². The van der Waals surface area contributed by atoms with Gasteiger partial charge in [0, 0.05) is 17.2 Å². The minimum atomic E-state index is -0.338. The van der Waals surface area contributed by atoms with Crippen LogP contribution in [0.1, 0.15) is 5.56 Å². The minimum Gasteiger partial charge on any atom is -0.497 e. The first-order valence-electron chi connectivity index (χ1n) is 7.98. The third kappa shape index (κ3) is 3.15. The molecule has 4 rings (SSSR count). The highest BCUT2D eigenvalue weighted by atomic mass is 32.1. The summed E-state index contributed by atoms with van der Waals surface area (Å²) >= 11 is 1.23. The second kappa shape index (κ2) is 6.81. The standard InChI is InChI=1S/C19H14FN3O3S/c1-25-14-8-5-12(15(10-14)26-2)9-16-18(24)23-19(27-16)21-17(22-23)11-3-6-13(20)7-4-11/h3-10H,1-2H3/b16-9+. The van der Waals surface area contributed by atoms with Crippen molar-refractivity contribution >= 4 is 22.4 Å². The molecule has 8 heteroatoms. The average molecular weight is 383 g/mol. The van der Waals surface area contributed by atoms with E-state index in [4.69, 9.17) is 9.47 Å². The monoisotopic (exact) mass is 383 g/mol. The van der Waals surface area contributed by atoms with Gasteiger partial charge in [-0.25, -0.2) is 4.39 Å². The molecule has 2 aromatic heterocycles. The van der Waals surface area contributed by atoms with Crippen LogP contribution in [0.4, 0.5) is 4.39 Å². The fourth-order valence-electron chi connectivity index (χ4n) is 2.63. The number of ether oxygens (including phenoxy) is 2. The van der Waals surface area contributed by atoms with Gasteiger partial charge in [-0.2, -0.15) is 9.50 Å². The highest BCUT2D eigenvalue weighted by molar-refractivity contribution is 7.15. The van der Waals surface area contributed by atoms with Crippen LogP contribution in [0.25, 0.3) is 22.4 Å². The van der Waals surface area contributed by atoms with E-state index in [1.807, 2.05) is 6.07 Å². The van der Waals surface area contributed by atoms with Gasteiger partial charge in [-0.3, -0.25) is 4.79 Å². The molecule has 0 N–H and O–H groups in total. The second-order valence-electron chi connectivity index (χ2n) is 5.66. The van der Waals surface area contributed by atoms with Crippen LogP contribution < -0.4 is 19.6 Å². The van der Waals surface area contributed by atoms with E-state index in [1.165, 1.54) is 28.0 Å². The molecule has 4 aromatic rings. The maximum atomic E-state index is 13.1. The second-order valence-corrected chi connectivity index (χ2v) is 6.67. The number of hydrogen-bond donors (Lipinski definition) is 0. The Bertz CT molecular complexity index is 1230. The van der Waals surface area contributed by atoms with Gasteiger partial charge >= 0.3 is 0 Å². The van der Waals surface area contributed by atoms with Crippen molar-refractivity contribution in [2.45, 2.75) is 0 Å². The van der Waals surface area contributed by atoms with E-state index in [0.29, 0.717) is 32.4 Å². The fraction of sp³-hybridized carbons (Fsp3) is 0.105. The molecule has 0 aliphatic heterocycles. The predicted octanol–water partition coefficient (Wildman–Crippen LogP) is 2.52. The summed E-state index contributed by atoms with van der Waals surface area (Å²) in [5.74, 6) is 1.30. The van der Waals surface area contributed by atoms with Gasteiger partial charge in [-0.1, -0.05) is 11.3 Å². The number of methoxy groups -OCH3 is 2. The quantitative estimate of drug-likeness (QED) is 0.542. The average Bonchev–Trinajstić information content (AvgIpc) is 3.22. The van der Waals surface area contributed by atoms with Gasteiger partial charge in [0.2, 0.25) is 4.96 Å². The number of aromatic nitrogens is 3. The van der Waals surface area contributed by atoms with E-state index in [1.54, 1.807) is 44.6 Å². The first kappa shape index (κ1) is 17.2. The smallest absolute Gasteiger partial charge is 0.291 e. The van der Waals surface area contributed by atoms with Crippen molar-refractivity contribution in [2.24, 2.45) is 0 Å². The van der Waals surface area contributed by atoms with Crippen molar-refractivity contribution in [2.75, 3.05) is 14.2 Å². The highest BCUT2D eigenvalue weighted by Crippen LogP contribution is 2.25. The molecular weight excluding hydrogens is 369 g/mol. The first-order valence-corrected chi connectivity index (χ1v) is 8.80. The van der Waals surface area contributed by atoms with Crippen LogP contribution in [0.2, 0.25) is 0 Å². The molecule has 2 aromatic carbocycles. The Labute approximate surface area is 157 Å². The minimum absolute atomic E-state index is 0.270. The zero-order valence-corrected chi connectivity index (χ0v) is 15.3. The van der Waals surface area contributed by atoms with Crippen molar-refractivity contribution in [1.82, 2.24) is 14.6 Å². The maximum absolute atomic E-state index is 13.1. The summed E-state index contributed by atoms with van der Waals surface area (Å²) in [7, 11) is 3.13. The van der Waals surface area contributed by atoms with Gasteiger partial charge in [-0.15, -0.1) is 5.10 Å². The van der Waals surface area contributed by atoms with E-state index in [0.717, 1.165) is 5.56 Å². The first-order chi connectivity index (χ1) is 13.1. The topological polar surface area (TPSA) is 65.7 Å². The van der Waals surface area contributed by atoms with Gasteiger partial charge in [0.25, 0.3) is 5.56 Å². The fourth-order valence-corrected chi connectivity index (χ4v) is 3.53. The van der Waals surface area contributed by atoms with Crippen LogP contribution in [0.15, 0.2) is 47.3 Å². The van der Waals surface area contributed by atoms with E-state index in [2.05, 4.69) is 10.1 Å². The van der Waals surface area contributed by atoms with Crippen LogP contribution in [0.5, 0.6) is 11.5 Å². The largest absolute Gasteiger partial charge is 0.497 e. The van der Waals surface area contributed by atoms with Crippen LogP contribution in [-0.2, 0) is 0 Å². The van der Waals surface area contributed by atoms with Crippen molar-refractivity contribution in [3.8, 4) is 22.9 Å². The molecular formula is C19H14FN3O3S. The summed E-state index contributed by atoms with van der Waals surface area (Å²) in [6.07, 6.45) is 1.74. The number of fused-ring (bicyclic) bond motifs is 1. The Hall–Kier alpha value is -3.26. The molecule has 0 unspecified atom stereocenters. The summed E-state index contributed by atoms with van der Waals surface area (Å²) in [4.78, 5) is 17.5. The lowest BCUT2D eigenvalue weighted by Gasteiger charge is -2.06. The lowest BCUT2D eigenvalue weighted by atomic mass is 10.2. The number of nitrogens with zero attached hydrogens (tertiary/aromatic N) is 3. The Morgan fingerprint density at radius 3 is 2.56 bits per heavy atom. The molecule has 0 fully saturated rings. The number of hydrogen-bond acceptors (Lipinski definition) is 6.